The van der Waals surface area contributed by atoms with E-state index in [4.69, 9.17) is 39.5 Å². The molecule has 0 unspecified atom stereocenters. The monoisotopic (exact) mass is 485 g/mol. The highest BCUT2D eigenvalue weighted by atomic mass is 35.5. The van der Waals surface area contributed by atoms with Crippen molar-refractivity contribution >= 4 is 46.4 Å². The SMILES string of the molecule is O=C(Nc1cnn(Cc2ccccc2Cl)c1)c1cccc(COc2cccc(Cl)c2Cl)c1. The van der Waals surface area contributed by atoms with Crippen LogP contribution in [0.5, 0.6) is 5.75 Å². The van der Waals surface area contributed by atoms with Crippen LogP contribution in [0.2, 0.25) is 15.1 Å². The second-order valence-electron chi connectivity index (χ2n) is 7.01. The van der Waals surface area contributed by atoms with Crippen LogP contribution < -0.4 is 10.1 Å². The number of aromatic nitrogens is 2. The Balaban J connectivity index is 1.39. The first-order valence-corrected chi connectivity index (χ1v) is 10.9. The number of carbonyl (C=O) groups is 1. The van der Waals surface area contributed by atoms with E-state index in [0.29, 0.717) is 38.6 Å². The van der Waals surface area contributed by atoms with Crippen molar-refractivity contribution < 1.29 is 9.53 Å². The number of hydrogen-bond acceptors (Lipinski definition) is 3. The molecule has 3 aromatic carbocycles. The molecule has 32 heavy (non-hydrogen) atoms. The summed E-state index contributed by atoms with van der Waals surface area (Å²) in [5, 5.41) is 8.61. The van der Waals surface area contributed by atoms with Crippen LogP contribution in [0, 0.1) is 0 Å². The van der Waals surface area contributed by atoms with E-state index >= 15 is 0 Å². The van der Waals surface area contributed by atoms with Gasteiger partial charge in [-0.3, -0.25) is 9.48 Å². The van der Waals surface area contributed by atoms with Crippen molar-refractivity contribution in [2.45, 2.75) is 13.2 Å². The molecule has 0 spiro atoms. The molecule has 0 aliphatic heterocycles. The van der Waals surface area contributed by atoms with Gasteiger partial charge in [0.15, 0.2) is 0 Å². The molecule has 4 rings (SSSR count). The zero-order valence-corrected chi connectivity index (χ0v) is 19.0. The zero-order chi connectivity index (χ0) is 22.5. The maximum atomic E-state index is 12.7. The van der Waals surface area contributed by atoms with Gasteiger partial charge in [0.05, 0.1) is 23.5 Å². The Labute approximate surface area is 200 Å². The van der Waals surface area contributed by atoms with Gasteiger partial charge >= 0.3 is 0 Å². The van der Waals surface area contributed by atoms with Crippen molar-refractivity contribution in [3.63, 3.8) is 0 Å². The number of anilines is 1. The first-order valence-electron chi connectivity index (χ1n) is 9.72. The molecule has 0 radical (unpaired) electrons. The third-order valence-corrected chi connectivity index (χ3v) is 5.85. The third kappa shape index (κ3) is 5.43. The van der Waals surface area contributed by atoms with Gasteiger partial charge in [-0.05, 0) is 41.5 Å². The fraction of sp³-hybridized carbons (Fsp3) is 0.0833. The van der Waals surface area contributed by atoms with Crippen molar-refractivity contribution in [3.05, 3.63) is 111 Å². The molecule has 4 aromatic rings. The Morgan fingerprint density at radius 1 is 0.969 bits per heavy atom. The van der Waals surface area contributed by atoms with Gasteiger partial charge in [0, 0.05) is 16.8 Å². The van der Waals surface area contributed by atoms with Gasteiger partial charge in [0.25, 0.3) is 5.91 Å². The molecule has 1 heterocycles. The minimum atomic E-state index is -0.245. The summed E-state index contributed by atoms with van der Waals surface area (Å²) in [6, 6.07) is 19.9. The van der Waals surface area contributed by atoms with Gasteiger partial charge in [0.2, 0.25) is 0 Å². The molecule has 0 fully saturated rings. The molecule has 0 atom stereocenters. The fourth-order valence-electron chi connectivity index (χ4n) is 3.08. The Hall–Kier alpha value is -2.99. The Morgan fingerprint density at radius 3 is 2.59 bits per heavy atom. The number of nitrogens with zero attached hydrogens (tertiary/aromatic N) is 2. The van der Waals surface area contributed by atoms with Gasteiger partial charge in [-0.1, -0.05) is 71.2 Å². The maximum Gasteiger partial charge on any atom is 0.255 e. The number of nitrogens with one attached hydrogen (secondary N) is 1. The quantitative estimate of drug-likeness (QED) is 0.315. The highest BCUT2D eigenvalue weighted by Crippen LogP contribution is 2.32. The van der Waals surface area contributed by atoms with Crippen LogP contribution in [0.1, 0.15) is 21.5 Å². The molecular weight excluding hydrogens is 469 g/mol. The molecule has 5 nitrogen and oxygen atoms in total. The molecule has 0 bridgehead atoms. The lowest BCUT2D eigenvalue weighted by Crippen LogP contribution is -2.12. The van der Waals surface area contributed by atoms with E-state index < -0.39 is 0 Å². The lowest BCUT2D eigenvalue weighted by atomic mass is 10.1. The minimum Gasteiger partial charge on any atom is -0.487 e. The number of benzene rings is 3. The van der Waals surface area contributed by atoms with E-state index in [1.54, 1.807) is 53.5 Å². The number of carbonyl (C=O) groups excluding carboxylic acids is 1. The summed E-state index contributed by atoms with van der Waals surface area (Å²) >= 11 is 18.4. The molecule has 162 valence electrons. The zero-order valence-electron chi connectivity index (χ0n) is 16.8. The van der Waals surface area contributed by atoms with Crippen molar-refractivity contribution in [1.29, 1.82) is 0 Å². The largest absolute Gasteiger partial charge is 0.487 e. The summed E-state index contributed by atoms with van der Waals surface area (Å²) in [5.41, 5.74) is 2.86. The highest BCUT2D eigenvalue weighted by molar-refractivity contribution is 6.42. The second kappa shape index (κ2) is 10.1. The van der Waals surface area contributed by atoms with Gasteiger partial charge in [-0.2, -0.15) is 5.10 Å². The van der Waals surface area contributed by atoms with Crippen LogP contribution in [0.3, 0.4) is 0 Å². The summed E-state index contributed by atoms with van der Waals surface area (Å²) in [6.45, 7) is 0.755. The van der Waals surface area contributed by atoms with Crippen molar-refractivity contribution in [3.8, 4) is 5.75 Å². The van der Waals surface area contributed by atoms with E-state index in [-0.39, 0.29) is 12.5 Å². The summed E-state index contributed by atoms with van der Waals surface area (Å²) in [4.78, 5) is 12.7. The molecule has 8 heteroatoms. The van der Waals surface area contributed by atoms with E-state index in [9.17, 15) is 4.79 Å². The van der Waals surface area contributed by atoms with Crippen LogP contribution in [0.15, 0.2) is 79.1 Å². The molecule has 0 saturated heterocycles. The van der Waals surface area contributed by atoms with Crippen LogP contribution in [-0.4, -0.2) is 15.7 Å². The molecule has 0 aliphatic rings. The van der Waals surface area contributed by atoms with Crippen molar-refractivity contribution in [2.75, 3.05) is 5.32 Å². The Morgan fingerprint density at radius 2 is 1.75 bits per heavy atom. The smallest absolute Gasteiger partial charge is 0.255 e. The van der Waals surface area contributed by atoms with Gasteiger partial charge in [-0.25, -0.2) is 0 Å². The van der Waals surface area contributed by atoms with Crippen LogP contribution in [-0.2, 0) is 13.2 Å². The summed E-state index contributed by atoms with van der Waals surface area (Å²) in [7, 11) is 0. The number of ether oxygens (including phenoxy) is 1. The van der Waals surface area contributed by atoms with Gasteiger partial charge < -0.3 is 10.1 Å². The van der Waals surface area contributed by atoms with Crippen LogP contribution in [0.25, 0.3) is 0 Å². The first-order chi connectivity index (χ1) is 15.5. The Kier molecular flexibility index (Phi) is 7.00. The minimum absolute atomic E-state index is 0.245. The van der Waals surface area contributed by atoms with E-state index in [2.05, 4.69) is 10.4 Å². The number of hydrogen-bond donors (Lipinski definition) is 1. The summed E-state index contributed by atoms with van der Waals surface area (Å²) in [6.07, 6.45) is 3.36. The second-order valence-corrected chi connectivity index (χ2v) is 8.21. The first kappa shape index (κ1) is 22.2. The summed E-state index contributed by atoms with van der Waals surface area (Å²) in [5.74, 6) is 0.241. The average Bonchev–Trinajstić information content (AvgIpc) is 3.23. The maximum absolute atomic E-state index is 12.7. The van der Waals surface area contributed by atoms with Crippen LogP contribution in [0.4, 0.5) is 5.69 Å². The van der Waals surface area contributed by atoms with E-state index in [1.807, 2.05) is 30.3 Å². The van der Waals surface area contributed by atoms with E-state index in [0.717, 1.165) is 11.1 Å². The fourth-order valence-corrected chi connectivity index (χ4v) is 3.62. The van der Waals surface area contributed by atoms with Gasteiger partial charge in [-0.15, -0.1) is 0 Å². The molecule has 0 aliphatic carbocycles. The molecule has 0 saturated carbocycles. The lowest BCUT2D eigenvalue weighted by molar-refractivity contribution is 0.102. The number of halogens is 3. The van der Waals surface area contributed by atoms with E-state index in [1.165, 1.54) is 0 Å². The van der Waals surface area contributed by atoms with Gasteiger partial charge in [0.1, 0.15) is 17.4 Å². The number of amides is 1. The third-order valence-electron chi connectivity index (χ3n) is 4.68. The topological polar surface area (TPSA) is 56.2 Å². The highest BCUT2D eigenvalue weighted by Gasteiger charge is 2.11. The molecule has 1 aromatic heterocycles. The molecule has 1 N–H and O–H groups in total. The number of rotatable bonds is 7. The predicted molar refractivity (Wildman–Crippen MR) is 128 cm³/mol. The molecule has 1 amide bonds. The van der Waals surface area contributed by atoms with Crippen molar-refractivity contribution in [2.24, 2.45) is 0 Å². The summed E-state index contributed by atoms with van der Waals surface area (Å²) < 4.78 is 7.47. The predicted octanol–water partition coefficient (Wildman–Crippen LogP) is 6.72. The van der Waals surface area contributed by atoms with Crippen molar-refractivity contribution in [1.82, 2.24) is 9.78 Å². The standard InChI is InChI=1S/C24H18Cl3N3O2/c25-20-8-2-1-6-18(20)13-30-14-19(12-28-30)29-24(31)17-7-3-5-16(11-17)15-32-22-10-4-9-21(26)23(22)27/h1-12,14H,13,15H2,(H,29,31). The lowest BCUT2D eigenvalue weighted by Gasteiger charge is -2.10. The molecular formula is C24H18Cl3N3O2. The Bertz CT molecular complexity index is 1260. The average molecular weight is 487 g/mol. The van der Waals surface area contributed by atoms with Crippen LogP contribution >= 0.6 is 34.8 Å². The normalized spacial score (nSPS) is 10.7.